The number of aliphatic hydroxyl groups excluding tert-OH is 1. The molecule has 1 aromatic carbocycles. The van der Waals surface area contributed by atoms with Crippen LogP contribution in [0.25, 0.3) is 32.2 Å². The minimum atomic E-state index is -0.805. The van der Waals surface area contributed by atoms with Gasteiger partial charge in [0.05, 0.1) is 42.0 Å². The predicted octanol–water partition coefficient (Wildman–Crippen LogP) is 4.62. The van der Waals surface area contributed by atoms with Gasteiger partial charge in [-0.25, -0.2) is 23.5 Å². The van der Waals surface area contributed by atoms with Crippen molar-refractivity contribution in [2.45, 2.75) is 58.1 Å². The maximum Gasteiger partial charge on any atom is 0.412 e. The normalized spacial score (nSPS) is 20.4. The molecule has 2 fully saturated rings. The lowest BCUT2D eigenvalue weighted by Gasteiger charge is -2.41. The van der Waals surface area contributed by atoms with Crippen LogP contribution < -0.4 is 10.2 Å². The molecule has 0 spiro atoms. The molecule has 48 heavy (non-hydrogen) atoms. The number of hydrogen-bond donors (Lipinski definition) is 2. The molecule has 0 aliphatic carbocycles. The average molecular weight is 679 g/mol. The molecular weight excluding hydrogens is 642 g/mol. The van der Waals surface area contributed by atoms with Crippen LogP contribution in [0.4, 0.5) is 24.5 Å². The lowest BCUT2D eigenvalue weighted by molar-refractivity contribution is 0.0399. The second-order valence-electron chi connectivity index (χ2n) is 13.5. The number of ether oxygens (including phenoxy) is 2. The summed E-state index contributed by atoms with van der Waals surface area (Å²) in [7, 11) is 2.03. The fourth-order valence-electron chi connectivity index (χ4n) is 6.87. The first-order valence-electron chi connectivity index (χ1n) is 15.9. The Labute approximate surface area is 279 Å². The summed E-state index contributed by atoms with van der Waals surface area (Å²) in [4.78, 5) is 32.9. The molecule has 6 heterocycles. The van der Waals surface area contributed by atoms with Crippen LogP contribution in [0.5, 0.6) is 0 Å². The van der Waals surface area contributed by atoms with Gasteiger partial charge in [0, 0.05) is 67.3 Å². The third kappa shape index (κ3) is 5.71. The predicted molar refractivity (Wildman–Crippen MR) is 177 cm³/mol. The number of nitrogens with zero attached hydrogens (tertiary/aromatic N) is 7. The third-order valence-electron chi connectivity index (χ3n) is 9.30. The van der Waals surface area contributed by atoms with Gasteiger partial charge in [-0.05, 0) is 45.4 Å². The lowest BCUT2D eigenvalue weighted by atomic mass is 9.94. The molecule has 1 amide bonds. The number of fused-ring (bicyclic) bond motifs is 4. The molecular formula is C33H36F2N8O4S. The number of thiophene rings is 1. The minimum absolute atomic E-state index is 0.0474. The number of carbonyl (C=O) groups excluding carboxylic acids is 1. The van der Waals surface area contributed by atoms with Crippen molar-refractivity contribution in [3.05, 3.63) is 40.7 Å². The Bertz CT molecular complexity index is 1980. The standard InChI is InChI=1S/C33H36F2N8O4S/c1-33(2,3)47-32(45)40-30-19(9-36)25-28(37-11-23(34)29(25)48-30)24-22-16-46-15-21(22)20-10-38-31(39-27(20)26(24)35)43-6-5-17(12-43)42-8-7-41(4)18(13-42)14-44/h10-11,17-18,44H,5-8,12-16H2,1-4H3,(H,40,45)/t17-,18-/m1/s1. The Morgan fingerprint density at radius 1 is 1.19 bits per heavy atom. The van der Waals surface area contributed by atoms with E-state index < -0.39 is 23.3 Å². The fourth-order valence-corrected chi connectivity index (χ4v) is 7.91. The van der Waals surface area contributed by atoms with E-state index in [9.17, 15) is 15.2 Å². The van der Waals surface area contributed by atoms with Crippen molar-refractivity contribution in [3.63, 3.8) is 0 Å². The summed E-state index contributed by atoms with van der Waals surface area (Å²) in [5.41, 5.74) is 0.617. The van der Waals surface area contributed by atoms with Crippen molar-refractivity contribution < 1.29 is 28.2 Å². The molecule has 252 valence electrons. The Morgan fingerprint density at radius 2 is 1.98 bits per heavy atom. The van der Waals surface area contributed by atoms with E-state index in [2.05, 4.69) is 36.1 Å². The molecule has 0 saturated carbocycles. The van der Waals surface area contributed by atoms with Crippen LogP contribution in [0.3, 0.4) is 0 Å². The second-order valence-corrected chi connectivity index (χ2v) is 14.5. The number of carbonyl (C=O) groups is 1. The van der Waals surface area contributed by atoms with E-state index in [1.807, 2.05) is 7.05 Å². The minimum Gasteiger partial charge on any atom is -0.444 e. The van der Waals surface area contributed by atoms with Gasteiger partial charge in [0.15, 0.2) is 11.6 Å². The third-order valence-corrected chi connectivity index (χ3v) is 10.4. The Kier molecular flexibility index (Phi) is 8.41. The maximum absolute atomic E-state index is 16.9. The molecule has 4 aromatic rings. The number of pyridine rings is 1. The Hall–Kier alpha value is -4.07. The van der Waals surface area contributed by atoms with Crippen molar-refractivity contribution in [1.82, 2.24) is 24.8 Å². The van der Waals surface area contributed by atoms with Gasteiger partial charge in [0.25, 0.3) is 0 Å². The van der Waals surface area contributed by atoms with Crippen molar-refractivity contribution in [2.24, 2.45) is 0 Å². The van der Waals surface area contributed by atoms with Crippen LogP contribution in [0, 0.1) is 23.0 Å². The second kappa shape index (κ2) is 12.4. The molecule has 3 aliphatic rings. The van der Waals surface area contributed by atoms with Gasteiger partial charge >= 0.3 is 6.09 Å². The number of amides is 1. The van der Waals surface area contributed by atoms with Gasteiger partial charge in [0.1, 0.15) is 22.2 Å². The summed E-state index contributed by atoms with van der Waals surface area (Å²) in [5, 5.41) is 23.3. The first-order chi connectivity index (χ1) is 23.0. The highest BCUT2D eigenvalue weighted by Crippen LogP contribution is 2.46. The molecule has 3 aromatic heterocycles. The van der Waals surface area contributed by atoms with Crippen LogP contribution in [0.1, 0.15) is 43.9 Å². The van der Waals surface area contributed by atoms with Gasteiger partial charge in [-0.1, -0.05) is 0 Å². The number of nitriles is 1. The zero-order chi connectivity index (χ0) is 33.9. The summed E-state index contributed by atoms with van der Waals surface area (Å²) < 4.78 is 43.3. The Balaban J connectivity index is 1.29. The van der Waals surface area contributed by atoms with Gasteiger partial charge in [-0.15, -0.1) is 11.3 Å². The van der Waals surface area contributed by atoms with Crippen LogP contribution in [-0.2, 0) is 22.7 Å². The number of nitrogens with one attached hydrogen (secondary N) is 1. The highest BCUT2D eigenvalue weighted by Gasteiger charge is 2.35. The molecule has 3 aliphatic heterocycles. The van der Waals surface area contributed by atoms with Crippen molar-refractivity contribution in [3.8, 4) is 17.3 Å². The molecule has 0 unspecified atom stereocenters. The number of halogens is 2. The average Bonchev–Trinajstić information content (AvgIpc) is 3.81. The number of aliphatic hydroxyl groups is 1. The van der Waals surface area contributed by atoms with E-state index in [-0.39, 0.29) is 69.3 Å². The summed E-state index contributed by atoms with van der Waals surface area (Å²) in [6.45, 7) is 9.41. The van der Waals surface area contributed by atoms with Gasteiger partial charge < -0.3 is 19.5 Å². The summed E-state index contributed by atoms with van der Waals surface area (Å²) in [6.07, 6.45) is 2.71. The van der Waals surface area contributed by atoms with E-state index in [0.29, 0.717) is 35.6 Å². The topological polar surface area (TPSA) is 140 Å². The highest BCUT2D eigenvalue weighted by molar-refractivity contribution is 7.23. The highest BCUT2D eigenvalue weighted by atomic mass is 32.1. The number of likely N-dealkylation sites (N-methyl/N-ethyl adjacent to an activating group) is 1. The monoisotopic (exact) mass is 678 g/mol. The van der Waals surface area contributed by atoms with E-state index in [1.54, 1.807) is 27.0 Å². The molecule has 7 rings (SSSR count). The largest absolute Gasteiger partial charge is 0.444 e. The number of hydrogen-bond acceptors (Lipinski definition) is 12. The SMILES string of the molecule is CN1CCN([C@@H]2CCN(c3ncc4c5c(c(-c6ncc(F)c7sc(NC(=O)OC(C)(C)C)c(C#N)c67)c(F)c4n3)COC5)C2)C[C@@H]1CO. The van der Waals surface area contributed by atoms with Crippen molar-refractivity contribution >= 4 is 49.4 Å². The number of piperazine rings is 1. The van der Waals surface area contributed by atoms with Gasteiger partial charge in [-0.2, -0.15) is 5.26 Å². The number of anilines is 2. The first kappa shape index (κ1) is 32.5. The molecule has 2 N–H and O–H groups in total. The van der Waals surface area contributed by atoms with Crippen LogP contribution in [0.2, 0.25) is 0 Å². The Morgan fingerprint density at radius 3 is 2.73 bits per heavy atom. The van der Waals surface area contributed by atoms with E-state index >= 15 is 8.78 Å². The van der Waals surface area contributed by atoms with Gasteiger partial charge in [-0.3, -0.25) is 20.1 Å². The fraction of sp³-hybridized carbons (Fsp3) is 0.485. The van der Waals surface area contributed by atoms with E-state index in [1.165, 1.54) is 0 Å². The molecule has 2 saturated heterocycles. The summed E-state index contributed by atoms with van der Waals surface area (Å²) in [6, 6.07) is 2.40. The van der Waals surface area contributed by atoms with E-state index in [4.69, 9.17) is 14.5 Å². The molecule has 12 nitrogen and oxygen atoms in total. The number of benzene rings is 1. The summed E-state index contributed by atoms with van der Waals surface area (Å²) >= 11 is 0.858. The first-order valence-corrected chi connectivity index (χ1v) is 16.7. The molecule has 0 radical (unpaired) electrons. The molecule has 0 bridgehead atoms. The smallest absolute Gasteiger partial charge is 0.412 e. The van der Waals surface area contributed by atoms with Crippen LogP contribution in [-0.4, -0.2) is 100 Å². The quantitative estimate of drug-likeness (QED) is 0.306. The zero-order valence-electron chi connectivity index (χ0n) is 27.1. The van der Waals surface area contributed by atoms with Crippen LogP contribution in [0.15, 0.2) is 12.4 Å². The van der Waals surface area contributed by atoms with Gasteiger partial charge in [0.2, 0.25) is 5.95 Å². The maximum atomic E-state index is 16.9. The molecule has 15 heteroatoms. The van der Waals surface area contributed by atoms with Crippen molar-refractivity contribution in [1.29, 1.82) is 5.26 Å². The van der Waals surface area contributed by atoms with Crippen molar-refractivity contribution in [2.75, 3.05) is 56.6 Å². The summed E-state index contributed by atoms with van der Waals surface area (Å²) in [5.74, 6) is -0.980. The van der Waals surface area contributed by atoms with Crippen LogP contribution >= 0.6 is 11.3 Å². The number of rotatable bonds is 5. The number of aromatic nitrogens is 3. The van der Waals surface area contributed by atoms with E-state index in [0.717, 1.165) is 43.6 Å². The lowest BCUT2D eigenvalue weighted by Crippen LogP contribution is -2.56. The zero-order valence-corrected chi connectivity index (χ0v) is 28.0. The molecule has 2 atom stereocenters.